The molecule has 2 amide bonds. The van der Waals surface area contributed by atoms with Gasteiger partial charge in [0, 0.05) is 47.6 Å². The molecule has 0 saturated heterocycles. The normalized spacial score (nSPS) is 23.1. The number of carbonyl (C=O) groups excluding carboxylic acids is 2. The van der Waals surface area contributed by atoms with Crippen molar-refractivity contribution in [2.24, 2.45) is 5.41 Å². The van der Waals surface area contributed by atoms with Crippen molar-refractivity contribution in [3.05, 3.63) is 107 Å². The lowest BCUT2D eigenvalue weighted by Crippen LogP contribution is -2.52. The van der Waals surface area contributed by atoms with Crippen LogP contribution in [0.15, 0.2) is 95.8 Å². The Labute approximate surface area is 274 Å². The first kappa shape index (κ1) is 33.1. The highest BCUT2D eigenvalue weighted by Gasteiger charge is 2.49. The number of allylic oxidation sites excluding steroid dienone is 8. The van der Waals surface area contributed by atoms with E-state index in [-0.39, 0.29) is 29.6 Å². The van der Waals surface area contributed by atoms with Gasteiger partial charge in [0.25, 0.3) is 5.91 Å². The molecule has 0 radical (unpaired) electrons. The molecule has 3 N–H and O–H groups in total. The van der Waals surface area contributed by atoms with Gasteiger partial charge in [0.15, 0.2) is 5.71 Å². The smallest absolute Gasteiger partial charge is 0.259 e. The highest BCUT2D eigenvalue weighted by Crippen LogP contribution is 2.48. The van der Waals surface area contributed by atoms with Crippen molar-refractivity contribution < 1.29 is 19.4 Å². The fraction of sp³-hybridized carbons (Fsp3) is 0.410. The quantitative estimate of drug-likeness (QED) is 0.122. The Morgan fingerprint density at radius 2 is 1.59 bits per heavy atom. The van der Waals surface area contributed by atoms with Gasteiger partial charge in [-0.05, 0) is 75.8 Å². The fourth-order valence-corrected chi connectivity index (χ4v) is 7.59. The molecule has 2 aromatic rings. The van der Waals surface area contributed by atoms with Crippen LogP contribution in [0.2, 0.25) is 0 Å². The van der Waals surface area contributed by atoms with Crippen molar-refractivity contribution in [1.29, 1.82) is 0 Å². The van der Waals surface area contributed by atoms with Gasteiger partial charge >= 0.3 is 0 Å². The van der Waals surface area contributed by atoms with Crippen LogP contribution in [0, 0.1) is 5.41 Å². The molecule has 0 saturated carbocycles. The molecule has 1 atom stereocenters. The molecule has 2 heterocycles. The monoisotopic (exact) mass is 621 g/mol. The van der Waals surface area contributed by atoms with Crippen LogP contribution in [-0.4, -0.2) is 46.9 Å². The average Bonchev–Trinajstić information content (AvgIpc) is 3.42. The van der Waals surface area contributed by atoms with Crippen LogP contribution >= 0.6 is 0 Å². The second-order valence-corrected chi connectivity index (χ2v) is 13.6. The predicted molar refractivity (Wildman–Crippen MR) is 186 cm³/mol. The number of nitrogens with one attached hydrogen (secondary N) is 2. The first-order chi connectivity index (χ1) is 22.0. The van der Waals surface area contributed by atoms with E-state index in [0.29, 0.717) is 6.54 Å². The number of amides is 2. The summed E-state index contributed by atoms with van der Waals surface area (Å²) in [5.41, 5.74) is 8.88. The zero-order chi connectivity index (χ0) is 33.3. The van der Waals surface area contributed by atoms with Gasteiger partial charge in [-0.3, -0.25) is 14.8 Å². The molecule has 46 heavy (non-hydrogen) atoms. The minimum Gasteiger partial charge on any atom is -0.355 e. The maximum atomic E-state index is 13.8. The van der Waals surface area contributed by atoms with Crippen LogP contribution in [0.3, 0.4) is 0 Å². The maximum absolute atomic E-state index is 13.8. The third-order valence-corrected chi connectivity index (χ3v) is 10.0. The van der Waals surface area contributed by atoms with Crippen LogP contribution < -0.4 is 15.7 Å². The molecule has 1 aliphatic carbocycles. The Bertz CT molecular complexity index is 1690. The minimum atomic E-state index is -1.50. The number of nitrogens with zero attached hydrogens (tertiary/aromatic N) is 2. The fourth-order valence-electron chi connectivity index (χ4n) is 7.59. The van der Waals surface area contributed by atoms with Gasteiger partial charge in [-0.15, -0.1) is 0 Å². The summed E-state index contributed by atoms with van der Waals surface area (Å²) in [5.74, 6) is -1.07. The van der Waals surface area contributed by atoms with Gasteiger partial charge in [-0.1, -0.05) is 75.4 Å². The summed E-state index contributed by atoms with van der Waals surface area (Å²) in [7, 11) is 0. The van der Waals surface area contributed by atoms with Gasteiger partial charge in [-0.2, -0.15) is 4.58 Å². The molecular weight excluding hydrogens is 572 g/mol. The van der Waals surface area contributed by atoms with Crippen molar-refractivity contribution >= 4 is 28.9 Å². The number of carbonyl (C=O) groups is 2. The van der Waals surface area contributed by atoms with Crippen molar-refractivity contribution in [2.45, 2.75) is 78.6 Å². The van der Waals surface area contributed by atoms with E-state index < -0.39 is 11.3 Å². The molecular formula is C39H49N4O3+. The third kappa shape index (κ3) is 5.55. The van der Waals surface area contributed by atoms with Crippen LogP contribution in [0.1, 0.15) is 78.9 Å². The second-order valence-electron chi connectivity index (χ2n) is 13.6. The highest BCUT2D eigenvalue weighted by atomic mass is 16.5. The summed E-state index contributed by atoms with van der Waals surface area (Å²) in [6.45, 7) is 17.3. The van der Waals surface area contributed by atoms with Crippen LogP contribution in [-0.2, 0) is 20.4 Å². The summed E-state index contributed by atoms with van der Waals surface area (Å²) in [6, 6.07) is 17.0. The summed E-state index contributed by atoms with van der Waals surface area (Å²) in [4.78, 5) is 29.6. The largest absolute Gasteiger partial charge is 0.355 e. The third-order valence-electron chi connectivity index (χ3n) is 10.0. The molecule has 242 valence electrons. The Morgan fingerprint density at radius 3 is 2.26 bits per heavy atom. The van der Waals surface area contributed by atoms with E-state index in [9.17, 15) is 14.8 Å². The van der Waals surface area contributed by atoms with E-state index in [1.807, 2.05) is 24.6 Å². The van der Waals surface area contributed by atoms with Gasteiger partial charge in [0.05, 0.1) is 5.41 Å². The Hall–Kier alpha value is -4.23. The summed E-state index contributed by atoms with van der Waals surface area (Å²) in [6.07, 6.45) is 11.5. The lowest BCUT2D eigenvalue weighted by Gasteiger charge is -2.34. The number of hydrogen-bond donors (Lipinski definition) is 3. The molecule has 2 aliphatic heterocycles. The van der Waals surface area contributed by atoms with Gasteiger partial charge in [0.1, 0.15) is 12.0 Å². The van der Waals surface area contributed by atoms with E-state index in [1.165, 1.54) is 22.5 Å². The van der Waals surface area contributed by atoms with Gasteiger partial charge in [-0.25, -0.2) is 5.48 Å². The van der Waals surface area contributed by atoms with E-state index in [0.717, 1.165) is 42.1 Å². The lowest BCUT2D eigenvalue weighted by molar-refractivity contribution is -0.433. The molecule has 3 aliphatic rings. The summed E-state index contributed by atoms with van der Waals surface area (Å²) < 4.78 is 2.33. The number of para-hydroxylation sites is 2. The van der Waals surface area contributed by atoms with Gasteiger partial charge < -0.3 is 10.2 Å². The zero-order valence-corrected chi connectivity index (χ0v) is 28.4. The van der Waals surface area contributed by atoms with E-state index >= 15 is 0 Å². The number of hydrogen-bond acceptors (Lipinski definition) is 4. The Balaban J connectivity index is 1.62. The van der Waals surface area contributed by atoms with Crippen LogP contribution in [0.5, 0.6) is 0 Å². The molecule has 0 bridgehead atoms. The minimum absolute atomic E-state index is 0.171. The number of fused-ring (bicyclic) bond motifs is 2. The predicted octanol–water partition coefficient (Wildman–Crippen LogP) is 7.01. The van der Waals surface area contributed by atoms with Gasteiger partial charge in [0.2, 0.25) is 11.6 Å². The number of hydroxylamine groups is 1. The van der Waals surface area contributed by atoms with Crippen LogP contribution in [0.25, 0.3) is 0 Å². The van der Waals surface area contributed by atoms with Crippen LogP contribution in [0.4, 0.5) is 11.4 Å². The molecule has 0 spiro atoms. The molecule has 7 nitrogen and oxygen atoms in total. The van der Waals surface area contributed by atoms with E-state index in [2.05, 4.69) is 123 Å². The zero-order valence-electron chi connectivity index (χ0n) is 28.4. The highest BCUT2D eigenvalue weighted by molar-refractivity contribution is 6.06. The summed E-state index contributed by atoms with van der Waals surface area (Å²) in [5, 5.41) is 12.9. The van der Waals surface area contributed by atoms with Crippen molar-refractivity contribution in [1.82, 2.24) is 10.8 Å². The van der Waals surface area contributed by atoms with Crippen molar-refractivity contribution in [3.63, 3.8) is 0 Å². The van der Waals surface area contributed by atoms with Crippen molar-refractivity contribution in [2.75, 3.05) is 24.5 Å². The number of rotatable bonds is 9. The number of benzene rings is 2. The Morgan fingerprint density at radius 1 is 0.891 bits per heavy atom. The van der Waals surface area contributed by atoms with E-state index in [4.69, 9.17) is 0 Å². The topological polar surface area (TPSA) is 84.7 Å². The molecule has 0 aromatic heterocycles. The SMILES string of the molecule is CCCNC(=O)C1(C(=O)NO)CC(/C=C/C2=[N+](CC)c3ccccc3C2(C)C)=CC(=C/C=C2/N(CC)c3ccccc3C2(C)C)/C1. The molecule has 1 unspecified atom stereocenters. The molecule has 0 fully saturated rings. The standard InChI is InChI=1S/C39H48N4O3/c1-8-23-40-35(44)39(36(45)41-46)25-27(19-21-33-37(4,5)29-15-11-13-17-31(29)42(33)9-2)24-28(26-39)20-22-34-38(6,7)30-16-12-14-18-32(30)43(34)10-3/h11-22,24H,8-10,23,25-26H2,1-7H3,(H2-,40,41,44,45,46)/p+1. The summed E-state index contributed by atoms with van der Waals surface area (Å²) >= 11 is 0. The number of anilines is 1. The first-order valence-corrected chi connectivity index (χ1v) is 16.6. The van der Waals surface area contributed by atoms with Crippen molar-refractivity contribution in [3.8, 4) is 0 Å². The maximum Gasteiger partial charge on any atom is 0.259 e. The molecule has 5 rings (SSSR count). The average molecular weight is 622 g/mol. The Kier molecular flexibility index (Phi) is 9.28. The van der Waals surface area contributed by atoms with E-state index in [1.54, 1.807) is 0 Å². The lowest BCUT2D eigenvalue weighted by atomic mass is 9.70. The molecule has 2 aromatic carbocycles. The first-order valence-electron chi connectivity index (χ1n) is 16.6. The number of likely N-dealkylation sites (N-methyl/N-ethyl adjacent to an activating group) is 1. The molecule has 7 heteroatoms. The second kappa shape index (κ2) is 12.9.